The SMILES string of the molecule is CC(N)Cc1ccnc(-c2cncc(Br)c2)n1. The molecule has 0 radical (unpaired) electrons. The third-order valence-corrected chi connectivity index (χ3v) is 2.64. The van der Waals surface area contributed by atoms with E-state index in [1.807, 2.05) is 19.1 Å². The van der Waals surface area contributed by atoms with E-state index in [4.69, 9.17) is 5.73 Å². The van der Waals surface area contributed by atoms with Crippen molar-refractivity contribution in [1.82, 2.24) is 15.0 Å². The number of pyridine rings is 1. The molecule has 0 fully saturated rings. The summed E-state index contributed by atoms with van der Waals surface area (Å²) >= 11 is 3.38. The minimum absolute atomic E-state index is 0.0957. The van der Waals surface area contributed by atoms with Gasteiger partial charge in [0, 0.05) is 46.8 Å². The van der Waals surface area contributed by atoms with Crippen LogP contribution < -0.4 is 5.73 Å². The van der Waals surface area contributed by atoms with Gasteiger partial charge in [-0.05, 0) is 35.0 Å². The second-order valence-corrected chi connectivity index (χ2v) is 4.86. The van der Waals surface area contributed by atoms with Gasteiger partial charge in [-0.15, -0.1) is 0 Å². The smallest absolute Gasteiger partial charge is 0.160 e. The molecular formula is C12H13BrN4. The summed E-state index contributed by atoms with van der Waals surface area (Å²) in [6.07, 6.45) is 5.98. The van der Waals surface area contributed by atoms with Gasteiger partial charge in [0.05, 0.1) is 0 Å². The molecule has 17 heavy (non-hydrogen) atoms. The molecule has 0 aliphatic carbocycles. The minimum atomic E-state index is 0.0957. The third-order valence-electron chi connectivity index (χ3n) is 2.21. The Labute approximate surface area is 108 Å². The summed E-state index contributed by atoms with van der Waals surface area (Å²) in [4.78, 5) is 12.8. The Bertz CT molecular complexity index is 513. The first-order chi connectivity index (χ1) is 8.15. The van der Waals surface area contributed by atoms with Gasteiger partial charge < -0.3 is 5.73 Å². The highest BCUT2D eigenvalue weighted by Gasteiger charge is 2.05. The van der Waals surface area contributed by atoms with Gasteiger partial charge in [0.2, 0.25) is 0 Å². The maximum absolute atomic E-state index is 5.76. The van der Waals surface area contributed by atoms with E-state index in [9.17, 15) is 0 Å². The first-order valence-corrected chi connectivity index (χ1v) is 6.13. The van der Waals surface area contributed by atoms with Crippen molar-refractivity contribution >= 4 is 15.9 Å². The minimum Gasteiger partial charge on any atom is -0.328 e. The van der Waals surface area contributed by atoms with Crippen LogP contribution in [0.5, 0.6) is 0 Å². The molecule has 88 valence electrons. The summed E-state index contributed by atoms with van der Waals surface area (Å²) in [5.41, 5.74) is 7.60. The highest BCUT2D eigenvalue weighted by Crippen LogP contribution is 2.18. The van der Waals surface area contributed by atoms with E-state index in [-0.39, 0.29) is 6.04 Å². The molecule has 0 amide bonds. The summed E-state index contributed by atoms with van der Waals surface area (Å²) in [5, 5.41) is 0. The Balaban J connectivity index is 2.33. The van der Waals surface area contributed by atoms with E-state index in [0.717, 1.165) is 22.2 Å². The average Bonchev–Trinajstić information content (AvgIpc) is 2.28. The molecule has 2 N–H and O–H groups in total. The van der Waals surface area contributed by atoms with Crippen molar-refractivity contribution in [2.75, 3.05) is 0 Å². The fourth-order valence-electron chi connectivity index (χ4n) is 1.51. The van der Waals surface area contributed by atoms with Crippen molar-refractivity contribution in [3.05, 3.63) is 40.9 Å². The topological polar surface area (TPSA) is 64.7 Å². The Morgan fingerprint density at radius 2 is 2.24 bits per heavy atom. The van der Waals surface area contributed by atoms with Crippen LogP contribution in [-0.4, -0.2) is 21.0 Å². The van der Waals surface area contributed by atoms with Crippen LogP contribution in [0.3, 0.4) is 0 Å². The molecule has 0 saturated carbocycles. The fourth-order valence-corrected chi connectivity index (χ4v) is 1.88. The average molecular weight is 293 g/mol. The molecule has 0 saturated heterocycles. The van der Waals surface area contributed by atoms with Gasteiger partial charge in [-0.3, -0.25) is 4.98 Å². The Morgan fingerprint density at radius 3 is 2.94 bits per heavy atom. The van der Waals surface area contributed by atoms with Crippen LogP contribution in [0.2, 0.25) is 0 Å². The van der Waals surface area contributed by atoms with E-state index in [0.29, 0.717) is 5.82 Å². The van der Waals surface area contributed by atoms with Crippen LogP contribution in [0, 0.1) is 0 Å². The van der Waals surface area contributed by atoms with Crippen molar-refractivity contribution in [2.45, 2.75) is 19.4 Å². The second kappa shape index (κ2) is 5.33. The molecule has 2 aromatic rings. The van der Waals surface area contributed by atoms with Crippen molar-refractivity contribution < 1.29 is 0 Å². The first-order valence-electron chi connectivity index (χ1n) is 5.33. The lowest BCUT2D eigenvalue weighted by Gasteiger charge is -2.06. The van der Waals surface area contributed by atoms with Crippen LogP contribution in [0.4, 0.5) is 0 Å². The molecule has 0 bridgehead atoms. The van der Waals surface area contributed by atoms with E-state index in [1.54, 1.807) is 18.6 Å². The van der Waals surface area contributed by atoms with Gasteiger partial charge in [-0.1, -0.05) is 0 Å². The largest absolute Gasteiger partial charge is 0.328 e. The fraction of sp³-hybridized carbons (Fsp3) is 0.250. The quantitative estimate of drug-likeness (QED) is 0.942. The summed E-state index contributed by atoms with van der Waals surface area (Å²) in [7, 11) is 0. The van der Waals surface area contributed by atoms with Crippen molar-refractivity contribution in [2.24, 2.45) is 5.73 Å². The maximum Gasteiger partial charge on any atom is 0.160 e. The van der Waals surface area contributed by atoms with Crippen LogP contribution >= 0.6 is 15.9 Å². The van der Waals surface area contributed by atoms with Crippen LogP contribution in [0.25, 0.3) is 11.4 Å². The zero-order valence-electron chi connectivity index (χ0n) is 9.47. The lowest BCUT2D eigenvalue weighted by atomic mass is 10.2. The second-order valence-electron chi connectivity index (χ2n) is 3.94. The number of hydrogen-bond donors (Lipinski definition) is 1. The molecule has 2 heterocycles. The molecule has 4 nitrogen and oxygen atoms in total. The van der Waals surface area contributed by atoms with E-state index < -0.39 is 0 Å². The molecule has 0 aliphatic heterocycles. The first kappa shape index (κ1) is 12.1. The predicted molar refractivity (Wildman–Crippen MR) is 70.3 cm³/mol. The molecule has 0 spiro atoms. The number of nitrogens with zero attached hydrogens (tertiary/aromatic N) is 3. The lowest BCUT2D eigenvalue weighted by Crippen LogP contribution is -2.18. The van der Waals surface area contributed by atoms with Gasteiger partial charge in [0.15, 0.2) is 5.82 Å². The maximum atomic E-state index is 5.76. The Hall–Kier alpha value is -1.33. The molecular weight excluding hydrogens is 280 g/mol. The van der Waals surface area contributed by atoms with Gasteiger partial charge >= 0.3 is 0 Å². The van der Waals surface area contributed by atoms with E-state index in [1.165, 1.54) is 0 Å². The summed E-state index contributed by atoms with van der Waals surface area (Å²) < 4.78 is 0.913. The number of rotatable bonds is 3. The highest BCUT2D eigenvalue weighted by atomic mass is 79.9. The van der Waals surface area contributed by atoms with Crippen LogP contribution in [0.1, 0.15) is 12.6 Å². The van der Waals surface area contributed by atoms with Gasteiger partial charge in [-0.25, -0.2) is 9.97 Å². The van der Waals surface area contributed by atoms with Crippen molar-refractivity contribution in [3.63, 3.8) is 0 Å². The zero-order chi connectivity index (χ0) is 12.3. The molecule has 1 unspecified atom stereocenters. The van der Waals surface area contributed by atoms with Gasteiger partial charge in [-0.2, -0.15) is 0 Å². The molecule has 2 rings (SSSR count). The standard InChI is InChI=1S/C12H13BrN4/c1-8(14)4-11-2-3-16-12(17-11)9-5-10(13)7-15-6-9/h2-3,5-8H,4,14H2,1H3. The summed E-state index contributed by atoms with van der Waals surface area (Å²) in [6.45, 7) is 1.96. The van der Waals surface area contributed by atoms with Crippen LogP contribution in [-0.2, 0) is 6.42 Å². The number of nitrogens with two attached hydrogens (primary N) is 1. The van der Waals surface area contributed by atoms with Crippen molar-refractivity contribution in [3.8, 4) is 11.4 Å². The van der Waals surface area contributed by atoms with Crippen LogP contribution in [0.15, 0.2) is 35.2 Å². The zero-order valence-corrected chi connectivity index (χ0v) is 11.1. The molecule has 5 heteroatoms. The highest BCUT2D eigenvalue weighted by molar-refractivity contribution is 9.10. The van der Waals surface area contributed by atoms with Gasteiger partial charge in [0.25, 0.3) is 0 Å². The Kier molecular flexibility index (Phi) is 3.81. The monoisotopic (exact) mass is 292 g/mol. The molecule has 1 atom stereocenters. The number of aromatic nitrogens is 3. The number of hydrogen-bond acceptors (Lipinski definition) is 4. The lowest BCUT2D eigenvalue weighted by molar-refractivity contribution is 0.720. The number of halogens is 1. The predicted octanol–water partition coefficient (Wildman–Crippen LogP) is 2.19. The normalized spacial score (nSPS) is 12.4. The van der Waals surface area contributed by atoms with Gasteiger partial charge in [0.1, 0.15) is 0 Å². The van der Waals surface area contributed by atoms with E-state index >= 15 is 0 Å². The molecule has 0 aliphatic rings. The molecule has 0 aromatic carbocycles. The molecule has 2 aromatic heterocycles. The van der Waals surface area contributed by atoms with Crippen molar-refractivity contribution in [1.29, 1.82) is 0 Å². The third kappa shape index (κ3) is 3.31. The Morgan fingerprint density at radius 1 is 1.41 bits per heavy atom. The van der Waals surface area contributed by atoms with E-state index in [2.05, 4.69) is 30.9 Å². The summed E-state index contributed by atoms with van der Waals surface area (Å²) in [5.74, 6) is 0.678. The summed E-state index contributed by atoms with van der Waals surface area (Å²) in [6, 6.07) is 3.93.